The Morgan fingerprint density at radius 2 is 2.62 bits per heavy atom. The largest absolute Gasteiger partial charge is 0.349 e. The monoisotopic (exact) mass is 217 g/mol. The average molecular weight is 217 g/mol. The van der Waals surface area contributed by atoms with Crippen LogP contribution in [0.4, 0.5) is 0 Å². The van der Waals surface area contributed by atoms with Gasteiger partial charge in [-0.2, -0.15) is 0 Å². The van der Waals surface area contributed by atoms with Crippen LogP contribution in [0.2, 0.25) is 0 Å². The van der Waals surface area contributed by atoms with E-state index in [1.54, 1.807) is 23.5 Å². The van der Waals surface area contributed by atoms with E-state index >= 15 is 0 Å². The molecule has 0 saturated carbocycles. The lowest BCUT2D eigenvalue weighted by Crippen LogP contribution is -2.67. The number of carbonyl (C=O) groups excluding carboxylic acids is 1. The summed E-state index contributed by atoms with van der Waals surface area (Å²) in [6, 6.07) is -0.166. The fourth-order valence-corrected chi connectivity index (χ4v) is 3.29. The predicted octanol–water partition coefficient (Wildman–Crippen LogP) is -0.352. The van der Waals surface area contributed by atoms with Gasteiger partial charge in [0.1, 0.15) is 10.4 Å². The SMILES string of the molecule is N[C@@H]1C(=O)NC1CSC1=NCCS1. The highest BCUT2D eigenvalue weighted by molar-refractivity contribution is 8.39. The highest BCUT2D eigenvalue weighted by Gasteiger charge is 2.35. The van der Waals surface area contributed by atoms with Crippen LogP contribution in [-0.2, 0) is 4.79 Å². The molecule has 2 atom stereocenters. The van der Waals surface area contributed by atoms with Gasteiger partial charge in [0, 0.05) is 11.5 Å². The van der Waals surface area contributed by atoms with Gasteiger partial charge < -0.3 is 11.1 Å². The van der Waals surface area contributed by atoms with Gasteiger partial charge in [-0.15, -0.1) is 0 Å². The highest BCUT2D eigenvalue weighted by Crippen LogP contribution is 2.23. The van der Waals surface area contributed by atoms with E-state index in [0.717, 1.165) is 22.4 Å². The van der Waals surface area contributed by atoms with Crippen molar-refractivity contribution in [1.82, 2.24) is 5.32 Å². The standard InChI is InChI=1S/C7H11N3OS2/c8-5-4(10-6(5)11)3-13-7-9-1-2-12-7/h4-5H,1-3,8H2,(H,10,11)/t4?,5-/m0/s1. The van der Waals surface area contributed by atoms with Crippen LogP contribution in [0.25, 0.3) is 0 Å². The van der Waals surface area contributed by atoms with E-state index in [9.17, 15) is 4.79 Å². The maximum absolute atomic E-state index is 10.8. The molecule has 1 saturated heterocycles. The first kappa shape index (κ1) is 9.36. The van der Waals surface area contributed by atoms with E-state index in [1.807, 2.05) is 0 Å². The number of β-lactam (4-membered cyclic amide) rings is 1. The number of aliphatic imine (C=N–C) groups is 1. The Balaban J connectivity index is 1.71. The molecule has 13 heavy (non-hydrogen) atoms. The molecule has 0 bridgehead atoms. The predicted molar refractivity (Wildman–Crippen MR) is 57.1 cm³/mol. The summed E-state index contributed by atoms with van der Waals surface area (Å²) in [6.45, 7) is 0.927. The average Bonchev–Trinajstić information content (AvgIpc) is 2.64. The second-order valence-corrected chi connectivity index (χ2v) is 5.30. The normalized spacial score (nSPS) is 32.4. The molecule has 1 amide bonds. The number of thioether (sulfide) groups is 2. The van der Waals surface area contributed by atoms with E-state index in [4.69, 9.17) is 5.73 Å². The molecule has 2 aliphatic heterocycles. The summed E-state index contributed by atoms with van der Waals surface area (Å²) < 4.78 is 1.13. The molecule has 0 aromatic rings. The van der Waals surface area contributed by atoms with Crippen LogP contribution in [0, 0.1) is 0 Å². The van der Waals surface area contributed by atoms with Crippen molar-refractivity contribution in [3.05, 3.63) is 0 Å². The van der Waals surface area contributed by atoms with Crippen molar-refractivity contribution in [2.45, 2.75) is 12.1 Å². The van der Waals surface area contributed by atoms with Gasteiger partial charge in [0.25, 0.3) is 0 Å². The van der Waals surface area contributed by atoms with Crippen LogP contribution in [0.3, 0.4) is 0 Å². The zero-order chi connectivity index (χ0) is 9.26. The van der Waals surface area contributed by atoms with Crippen LogP contribution in [0.1, 0.15) is 0 Å². The molecule has 3 N–H and O–H groups in total. The van der Waals surface area contributed by atoms with Crippen molar-refractivity contribution in [2.24, 2.45) is 10.7 Å². The van der Waals surface area contributed by atoms with E-state index in [1.165, 1.54) is 0 Å². The molecule has 0 spiro atoms. The number of amides is 1. The van der Waals surface area contributed by atoms with Gasteiger partial charge >= 0.3 is 0 Å². The molecule has 2 aliphatic rings. The molecular weight excluding hydrogens is 206 g/mol. The Hall–Kier alpha value is -0.200. The van der Waals surface area contributed by atoms with Crippen molar-refractivity contribution in [1.29, 1.82) is 0 Å². The first-order valence-corrected chi connectivity index (χ1v) is 6.10. The van der Waals surface area contributed by atoms with Gasteiger partial charge in [-0.3, -0.25) is 9.79 Å². The lowest BCUT2D eigenvalue weighted by molar-refractivity contribution is -0.129. The summed E-state index contributed by atoms with van der Waals surface area (Å²) in [5.74, 6) is 1.90. The van der Waals surface area contributed by atoms with Gasteiger partial charge in [-0.05, 0) is 0 Å². The molecule has 4 nitrogen and oxygen atoms in total. The molecule has 0 aliphatic carbocycles. The zero-order valence-electron chi connectivity index (χ0n) is 7.03. The number of hydrogen-bond acceptors (Lipinski definition) is 5. The third-order valence-electron chi connectivity index (χ3n) is 2.01. The van der Waals surface area contributed by atoms with E-state index in [0.29, 0.717) is 0 Å². The molecule has 0 radical (unpaired) electrons. The summed E-state index contributed by atoms with van der Waals surface area (Å²) in [4.78, 5) is 15.1. The number of nitrogens with two attached hydrogens (primary N) is 1. The number of nitrogens with one attached hydrogen (secondary N) is 1. The number of nitrogens with zero attached hydrogens (tertiary/aromatic N) is 1. The zero-order valence-corrected chi connectivity index (χ0v) is 8.66. The summed E-state index contributed by atoms with van der Waals surface area (Å²) >= 11 is 3.47. The minimum Gasteiger partial charge on any atom is -0.349 e. The Kier molecular flexibility index (Phi) is 2.80. The second kappa shape index (κ2) is 3.89. The Bertz CT molecular complexity index is 256. The highest BCUT2D eigenvalue weighted by atomic mass is 32.2. The molecule has 6 heteroatoms. The maximum Gasteiger partial charge on any atom is 0.239 e. The van der Waals surface area contributed by atoms with E-state index in [2.05, 4.69) is 10.3 Å². The second-order valence-electron chi connectivity index (χ2n) is 2.95. The third-order valence-corrected chi connectivity index (χ3v) is 4.38. The fraction of sp³-hybridized carbons (Fsp3) is 0.714. The maximum atomic E-state index is 10.8. The fourth-order valence-electron chi connectivity index (χ4n) is 1.16. The Labute approximate surface area is 85.1 Å². The van der Waals surface area contributed by atoms with Crippen LogP contribution < -0.4 is 11.1 Å². The van der Waals surface area contributed by atoms with Gasteiger partial charge in [-0.25, -0.2) is 0 Å². The number of hydrogen-bond donors (Lipinski definition) is 2. The quantitative estimate of drug-likeness (QED) is 0.620. The lowest BCUT2D eigenvalue weighted by atomic mass is 10.0. The van der Waals surface area contributed by atoms with Crippen molar-refractivity contribution < 1.29 is 4.79 Å². The van der Waals surface area contributed by atoms with Crippen LogP contribution in [0.5, 0.6) is 0 Å². The van der Waals surface area contributed by atoms with E-state index in [-0.39, 0.29) is 18.0 Å². The van der Waals surface area contributed by atoms with Crippen molar-refractivity contribution in [3.63, 3.8) is 0 Å². The van der Waals surface area contributed by atoms with Crippen LogP contribution in [-0.4, -0.2) is 40.4 Å². The summed E-state index contributed by atoms with van der Waals surface area (Å²) in [7, 11) is 0. The molecule has 1 unspecified atom stereocenters. The van der Waals surface area contributed by atoms with E-state index < -0.39 is 0 Å². The van der Waals surface area contributed by atoms with Gasteiger partial charge in [0.2, 0.25) is 5.91 Å². The Morgan fingerprint density at radius 1 is 1.77 bits per heavy atom. The molecule has 1 fully saturated rings. The van der Waals surface area contributed by atoms with Crippen molar-refractivity contribution >= 4 is 33.8 Å². The molecular formula is C7H11N3OS2. The van der Waals surface area contributed by atoms with Crippen molar-refractivity contribution in [2.75, 3.05) is 18.1 Å². The minimum absolute atomic E-state index is 0.0355. The lowest BCUT2D eigenvalue weighted by Gasteiger charge is -2.33. The summed E-state index contributed by atoms with van der Waals surface area (Å²) in [5, 5.41) is 2.77. The topological polar surface area (TPSA) is 67.5 Å². The number of rotatable bonds is 2. The minimum atomic E-state index is -0.306. The summed E-state index contributed by atoms with van der Waals surface area (Å²) in [6.07, 6.45) is 0. The van der Waals surface area contributed by atoms with Crippen LogP contribution in [0.15, 0.2) is 4.99 Å². The van der Waals surface area contributed by atoms with Gasteiger partial charge in [-0.1, -0.05) is 23.5 Å². The third kappa shape index (κ3) is 2.00. The molecule has 2 rings (SSSR count). The van der Waals surface area contributed by atoms with Gasteiger partial charge in [0.05, 0.1) is 12.6 Å². The molecule has 2 heterocycles. The molecule has 72 valence electrons. The van der Waals surface area contributed by atoms with Gasteiger partial charge in [0.15, 0.2) is 0 Å². The Morgan fingerprint density at radius 3 is 3.15 bits per heavy atom. The molecule has 0 aromatic carbocycles. The summed E-state index contributed by atoms with van der Waals surface area (Å²) in [5.41, 5.74) is 5.58. The first-order chi connectivity index (χ1) is 6.27. The molecule has 0 aromatic heterocycles. The van der Waals surface area contributed by atoms with Crippen LogP contribution >= 0.6 is 23.5 Å². The number of carbonyl (C=O) groups is 1. The van der Waals surface area contributed by atoms with Crippen molar-refractivity contribution in [3.8, 4) is 0 Å². The smallest absolute Gasteiger partial charge is 0.239 e. The first-order valence-electron chi connectivity index (χ1n) is 4.13.